The molecule has 2 N–H and O–H groups in total. The molecule has 2 fully saturated rings. The first-order valence-corrected chi connectivity index (χ1v) is 9.43. The number of para-hydroxylation sites is 1. The SMILES string of the molecule is Cc1oc2ccccc2c1CNC(=O)N1CCCC(C2CCNC2)C1. The van der Waals surface area contributed by atoms with Crippen LogP contribution in [-0.4, -0.2) is 37.1 Å². The van der Waals surface area contributed by atoms with Crippen LogP contribution >= 0.6 is 0 Å². The van der Waals surface area contributed by atoms with Crippen molar-refractivity contribution in [1.82, 2.24) is 15.5 Å². The molecule has 2 saturated heterocycles. The summed E-state index contributed by atoms with van der Waals surface area (Å²) < 4.78 is 5.79. The molecule has 1 aromatic carbocycles. The van der Waals surface area contributed by atoms with Gasteiger partial charge in [0, 0.05) is 30.6 Å². The number of nitrogens with zero attached hydrogens (tertiary/aromatic N) is 1. The van der Waals surface area contributed by atoms with E-state index in [0.717, 1.165) is 60.8 Å². The lowest BCUT2D eigenvalue weighted by Crippen LogP contribution is -2.46. The fraction of sp³-hybridized carbons (Fsp3) is 0.550. The number of benzene rings is 1. The molecule has 25 heavy (non-hydrogen) atoms. The van der Waals surface area contributed by atoms with Crippen molar-refractivity contribution in [3.63, 3.8) is 0 Å². The zero-order valence-electron chi connectivity index (χ0n) is 14.9. The summed E-state index contributed by atoms with van der Waals surface area (Å²) in [6.07, 6.45) is 3.62. The molecule has 2 amide bonds. The number of furan rings is 1. The van der Waals surface area contributed by atoms with Gasteiger partial charge in [0.2, 0.25) is 0 Å². The number of likely N-dealkylation sites (tertiary alicyclic amines) is 1. The summed E-state index contributed by atoms with van der Waals surface area (Å²) in [5.74, 6) is 2.26. The number of urea groups is 1. The predicted octanol–water partition coefficient (Wildman–Crippen LogP) is 3.27. The van der Waals surface area contributed by atoms with Crippen LogP contribution in [0.3, 0.4) is 0 Å². The van der Waals surface area contributed by atoms with E-state index >= 15 is 0 Å². The summed E-state index contributed by atoms with van der Waals surface area (Å²) in [6, 6.07) is 8.06. The van der Waals surface area contributed by atoms with Crippen molar-refractivity contribution in [1.29, 1.82) is 0 Å². The Bertz CT molecular complexity index is 748. The molecule has 1 aromatic heterocycles. The highest BCUT2D eigenvalue weighted by Crippen LogP contribution is 2.28. The molecule has 0 saturated carbocycles. The van der Waals surface area contributed by atoms with Crippen molar-refractivity contribution >= 4 is 17.0 Å². The average molecular weight is 341 g/mol. The second-order valence-electron chi connectivity index (χ2n) is 7.39. The van der Waals surface area contributed by atoms with Crippen LogP contribution in [-0.2, 0) is 6.54 Å². The molecule has 2 unspecified atom stereocenters. The van der Waals surface area contributed by atoms with Crippen molar-refractivity contribution in [2.45, 2.75) is 32.7 Å². The quantitative estimate of drug-likeness (QED) is 0.901. The number of hydrogen-bond donors (Lipinski definition) is 2. The van der Waals surface area contributed by atoms with Crippen LogP contribution in [0, 0.1) is 18.8 Å². The van der Waals surface area contributed by atoms with Crippen LogP contribution in [0.5, 0.6) is 0 Å². The Morgan fingerprint density at radius 2 is 2.20 bits per heavy atom. The Labute approximate surface area is 148 Å². The van der Waals surface area contributed by atoms with E-state index in [9.17, 15) is 4.79 Å². The minimum atomic E-state index is 0.0559. The van der Waals surface area contributed by atoms with Gasteiger partial charge in [-0.15, -0.1) is 0 Å². The lowest BCUT2D eigenvalue weighted by Gasteiger charge is -2.35. The van der Waals surface area contributed by atoms with Gasteiger partial charge in [-0.3, -0.25) is 0 Å². The average Bonchev–Trinajstić information content (AvgIpc) is 3.27. The van der Waals surface area contributed by atoms with E-state index in [1.165, 1.54) is 12.8 Å². The Morgan fingerprint density at radius 1 is 1.32 bits per heavy atom. The molecule has 4 rings (SSSR count). The zero-order chi connectivity index (χ0) is 17.2. The number of aryl methyl sites for hydroxylation is 1. The zero-order valence-corrected chi connectivity index (χ0v) is 14.9. The third-order valence-electron chi connectivity index (χ3n) is 5.83. The summed E-state index contributed by atoms with van der Waals surface area (Å²) in [7, 11) is 0. The fourth-order valence-corrected chi connectivity index (χ4v) is 4.38. The Morgan fingerprint density at radius 3 is 3.04 bits per heavy atom. The third-order valence-corrected chi connectivity index (χ3v) is 5.83. The molecule has 134 valence electrons. The van der Waals surface area contributed by atoms with Crippen molar-refractivity contribution in [3.8, 4) is 0 Å². The second-order valence-corrected chi connectivity index (χ2v) is 7.39. The van der Waals surface area contributed by atoms with E-state index in [4.69, 9.17) is 4.42 Å². The molecule has 0 spiro atoms. The van der Waals surface area contributed by atoms with Crippen molar-refractivity contribution in [2.24, 2.45) is 11.8 Å². The number of nitrogens with one attached hydrogen (secondary N) is 2. The van der Waals surface area contributed by atoms with Gasteiger partial charge in [-0.25, -0.2) is 4.79 Å². The molecular weight excluding hydrogens is 314 g/mol. The van der Waals surface area contributed by atoms with Gasteiger partial charge in [0.1, 0.15) is 11.3 Å². The monoisotopic (exact) mass is 341 g/mol. The van der Waals surface area contributed by atoms with Gasteiger partial charge in [-0.05, 0) is 57.2 Å². The molecule has 0 bridgehead atoms. The molecule has 0 radical (unpaired) electrons. The molecule has 2 aliphatic rings. The minimum absolute atomic E-state index is 0.0559. The van der Waals surface area contributed by atoms with Crippen LogP contribution in [0.4, 0.5) is 4.79 Å². The summed E-state index contributed by atoms with van der Waals surface area (Å²) >= 11 is 0. The normalized spacial score (nSPS) is 24.0. The minimum Gasteiger partial charge on any atom is -0.461 e. The van der Waals surface area contributed by atoms with E-state index in [-0.39, 0.29) is 6.03 Å². The maximum Gasteiger partial charge on any atom is 0.317 e. The number of fused-ring (bicyclic) bond motifs is 1. The highest BCUT2D eigenvalue weighted by molar-refractivity contribution is 5.83. The van der Waals surface area contributed by atoms with E-state index in [1.807, 2.05) is 30.0 Å². The fourth-order valence-electron chi connectivity index (χ4n) is 4.38. The molecular formula is C20H27N3O2. The van der Waals surface area contributed by atoms with Gasteiger partial charge in [0.25, 0.3) is 0 Å². The molecule has 3 heterocycles. The van der Waals surface area contributed by atoms with Gasteiger partial charge < -0.3 is 20.0 Å². The van der Waals surface area contributed by atoms with Crippen LogP contribution in [0.1, 0.15) is 30.6 Å². The Balaban J connectivity index is 1.39. The number of amides is 2. The van der Waals surface area contributed by atoms with Crippen molar-refractivity contribution in [3.05, 3.63) is 35.6 Å². The van der Waals surface area contributed by atoms with E-state index in [2.05, 4.69) is 16.7 Å². The highest BCUT2D eigenvalue weighted by Gasteiger charge is 2.31. The first-order valence-electron chi connectivity index (χ1n) is 9.43. The summed E-state index contributed by atoms with van der Waals surface area (Å²) in [5.41, 5.74) is 1.97. The first-order chi connectivity index (χ1) is 12.2. The first kappa shape index (κ1) is 16.5. The maximum absolute atomic E-state index is 12.7. The number of carbonyl (C=O) groups is 1. The molecule has 2 atom stereocenters. The van der Waals surface area contributed by atoms with Gasteiger partial charge in [-0.2, -0.15) is 0 Å². The van der Waals surface area contributed by atoms with Crippen LogP contribution in [0.15, 0.2) is 28.7 Å². The van der Waals surface area contributed by atoms with Gasteiger partial charge in [-0.1, -0.05) is 18.2 Å². The van der Waals surface area contributed by atoms with E-state index < -0.39 is 0 Å². The van der Waals surface area contributed by atoms with Gasteiger partial charge in [0.05, 0.1) is 0 Å². The van der Waals surface area contributed by atoms with Crippen LogP contribution in [0.2, 0.25) is 0 Å². The van der Waals surface area contributed by atoms with Crippen molar-refractivity contribution in [2.75, 3.05) is 26.2 Å². The number of hydrogen-bond acceptors (Lipinski definition) is 3. The van der Waals surface area contributed by atoms with Crippen LogP contribution < -0.4 is 10.6 Å². The standard InChI is InChI=1S/C20H27N3O2/c1-14-18(17-6-2-3-7-19(17)25-14)12-22-20(24)23-10-4-5-16(13-23)15-8-9-21-11-15/h2-3,6-7,15-16,21H,4-5,8-13H2,1H3,(H,22,24). The Hall–Kier alpha value is -2.01. The molecule has 2 aliphatic heterocycles. The molecule has 5 heteroatoms. The van der Waals surface area contributed by atoms with Gasteiger partial charge in [0.15, 0.2) is 0 Å². The lowest BCUT2D eigenvalue weighted by molar-refractivity contribution is 0.145. The Kier molecular flexibility index (Phi) is 4.66. The summed E-state index contributed by atoms with van der Waals surface area (Å²) in [5, 5.41) is 7.65. The number of rotatable bonds is 3. The lowest BCUT2D eigenvalue weighted by atomic mass is 9.85. The predicted molar refractivity (Wildman–Crippen MR) is 98.5 cm³/mol. The molecule has 0 aliphatic carbocycles. The van der Waals surface area contributed by atoms with Gasteiger partial charge >= 0.3 is 6.03 Å². The number of piperidine rings is 1. The van der Waals surface area contributed by atoms with Crippen LogP contribution in [0.25, 0.3) is 11.0 Å². The molecule has 2 aromatic rings. The van der Waals surface area contributed by atoms with Crippen molar-refractivity contribution < 1.29 is 9.21 Å². The largest absolute Gasteiger partial charge is 0.461 e. The number of carbonyl (C=O) groups excluding carboxylic acids is 1. The topological polar surface area (TPSA) is 57.5 Å². The second kappa shape index (κ2) is 7.08. The third kappa shape index (κ3) is 3.38. The molecule has 5 nitrogen and oxygen atoms in total. The summed E-state index contributed by atoms with van der Waals surface area (Å²) in [4.78, 5) is 14.7. The smallest absolute Gasteiger partial charge is 0.317 e. The summed E-state index contributed by atoms with van der Waals surface area (Å²) in [6.45, 7) is 6.48. The highest BCUT2D eigenvalue weighted by atomic mass is 16.3. The van der Waals surface area contributed by atoms with E-state index in [0.29, 0.717) is 12.5 Å². The van der Waals surface area contributed by atoms with E-state index in [1.54, 1.807) is 0 Å². The maximum atomic E-state index is 12.7.